The van der Waals surface area contributed by atoms with Gasteiger partial charge in [-0.15, -0.1) is 0 Å². The summed E-state index contributed by atoms with van der Waals surface area (Å²) in [5.41, 5.74) is 3.29. The Morgan fingerprint density at radius 3 is 2.43 bits per heavy atom. The van der Waals surface area contributed by atoms with Crippen LogP contribution in [0.4, 0.5) is 10.5 Å². The predicted octanol–water partition coefficient (Wildman–Crippen LogP) is 6.54. The monoisotopic (exact) mass is 645 g/mol. The molecule has 3 aromatic rings. The van der Waals surface area contributed by atoms with Gasteiger partial charge in [-0.3, -0.25) is 9.59 Å². The molecule has 0 aliphatic carbocycles. The number of urea groups is 1. The number of amides is 4. The third-order valence-electron chi connectivity index (χ3n) is 5.56. The van der Waals surface area contributed by atoms with Gasteiger partial charge in [0.15, 0.2) is 0 Å². The van der Waals surface area contributed by atoms with Crippen LogP contribution in [0.25, 0.3) is 6.08 Å². The average molecular weight is 648 g/mol. The van der Waals surface area contributed by atoms with Crippen molar-refractivity contribution in [1.29, 1.82) is 0 Å². The van der Waals surface area contributed by atoms with Crippen molar-refractivity contribution >= 4 is 73.1 Å². The Hall–Kier alpha value is -3.14. The van der Waals surface area contributed by atoms with Crippen molar-refractivity contribution in [3.8, 4) is 5.75 Å². The highest BCUT2D eigenvalue weighted by molar-refractivity contribution is 9.11. The molecule has 1 heterocycles. The third kappa shape index (κ3) is 6.60. The maximum atomic E-state index is 12.9. The summed E-state index contributed by atoms with van der Waals surface area (Å²) in [5.74, 6) is -0.456. The first-order valence-corrected chi connectivity index (χ1v) is 13.3. The summed E-state index contributed by atoms with van der Waals surface area (Å²) >= 11 is 12.9. The fraction of sp³-hybridized carbons (Fsp3) is 0.148. The van der Waals surface area contributed by atoms with Gasteiger partial charge in [0, 0.05) is 10.7 Å². The molecule has 1 aliphatic rings. The Kier molecular flexibility index (Phi) is 8.68. The fourth-order valence-electron chi connectivity index (χ4n) is 3.70. The Bertz CT molecular complexity index is 1370. The van der Waals surface area contributed by atoms with Gasteiger partial charge in [0.2, 0.25) is 5.91 Å². The second-order valence-corrected chi connectivity index (χ2v) is 10.3. The van der Waals surface area contributed by atoms with Crippen LogP contribution in [-0.4, -0.2) is 29.3 Å². The quantitative estimate of drug-likeness (QED) is 0.215. The van der Waals surface area contributed by atoms with E-state index in [4.69, 9.17) is 16.3 Å². The summed E-state index contributed by atoms with van der Waals surface area (Å²) in [5, 5.41) is 5.97. The lowest BCUT2D eigenvalue weighted by atomic mass is 10.1. The van der Waals surface area contributed by atoms with E-state index in [1.54, 1.807) is 36.4 Å². The van der Waals surface area contributed by atoms with Gasteiger partial charge in [0.25, 0.3) is 5.91 Å². The molecule has 4 amide bonds. The molecule has 4 rings (SSSR count). The van der Waals surface area contributed by atoms with Crippen LogP contribution in [0.5, 0.6) is 5.75 Å². The molecular formula is C27H22Br2ClN3O4. The number of rotatable bonds is 8. The van der Waals surface area contributed by atoms with Crippen molar-refractivity contribution in [3.63, 3.8) is 0 Å². The van der Waals surface area contributed by atoms with E-state index in [1.165, 1.54) is 0 Å². The van der Waals surface area contributed by atoms with Gasteiger partial charge in [-0.1, -0.05) is 48.9 Å². The van der Waals surface area contributed by atoms with Crippen molar-refractivity contribution in [1.82, 2.24) is 10.2 Å². The highest BCUT2D eigenvalue weighted by atomic mass is 79.9. The summed E-state index contributed by atoms with van der Waals surface area (Å²) < 4.78 is 7.25. The highest BCUT2D eigenvalue weighted by Gasteiger charge is 2.35. The Morgan fingerprint density at radius 2 is 1.76 bits per heavy atom. The van der Waals surface area contributed by atoms with Crippen molar-refractivity contribution in [2.75, 3.05) is 11.9 Å². The van der Waals surface area contributed by atoms with E-state index in [0.717, 1.165) is 22.4 Å². The van der Waals surface area contributed by atoms with Gasteiger partial charge in [0.1, 0.15) is 24.6 Å². The molecule has 1 fully saturated rings. The average Bonchev–Trinajstić information content (AvgIpc) is 3.12. The SMILES string of the molecule is CCc1ccccc1NC(=O)CN1C(=O)N/C(=C/c2cc(Br)c(OCc3ccc(Cl)cc3)c(Br)c2)C1=O. The molecule has 0 atom stereocenters. The number of nitrogens with zero attached hydrogens (tertiary/aromatic N) is 1. The van der Waals surface area contributed by atoms with E-state index in [0.29, 0.717) is 37.6 Å². The summed E-state index contributed by atoms with van der Waals surface area (Å²) in [6, 6.07) is 17.6. The Morgan fingerprint density at radius 1 is 1.08 bits per heavy atom. The minimum Gasteiger partial charge on any atom is -0.487 e. The van der Waals surface area contributed by atoms with E-state index in [1.807, 2.05) is 37.3 Å². The minimum absolute atomic E-state index is 0.0698. The zero-order chi connectivity index (χ0) is 26.5. The third-order valence-corrected chi connectivity index (χ3v) is 6.99. The first kappa shape index (κ1) is 26.9. The molecule has 7 nitrogen and oxygen atoms in total. The molecule has 37 heavy (non-hydrogen) atoms. The summed E-state index contributed by atoms with van der Waals surface area (Å²) in [6.45, 7) is 1.92. The van der Waals surface area contributed by atoms with Crippen molar-refractivity contribution in [2.24, 2.45) is 0 Å². The predicted molar refractivity (Wildman–Crippen MR) is 150 cm³/mol. The first-order valence-electron chi connectivity index (χ1n) is 11.3. The smallest absolute Gasteiger partial charge is 0.329 e. The molecule has 0 radical (unpaired) electrons. The van der Waals surface area contributed by atoms with E-state index in [2.05, 4.69) is 42.5 Å². The number of imide groups is 1. The lowest BCUT2D eigenvalue weighted by Gasteiger charge is -2.13. The molecule has 1 saturated heterocycles. The summed E-state index contributed by atoms with van der Waals surface area (Å²) in [4.78, 5) is 38.8. The summed E-state index contributed by atoms with van der Waals surface area (Å²) in [7, 11) is 0. The molecule has 0 unspecified atom stereocenters. The molecule has 0 saturated carbocycles. The lowest BCUT2D eigenvalue weighted by Crippen LogP contribution is -2.38. The van der Waals surface area contributed by atoms with Crippen LogP contribution in [0.3, 0.4) is 0 Å². The van der Waals surface area contributed by atoms with Crippen molar-refractivity contribution in [2.45, 2.75) is 20.0 Å². The molecule has 2 N–H and O–H groups in total. The van der Waals surface area contributed by atoms with Crippen LogP contribution in [0.2, 0.25) is 5.02 Å². The maximum Gasteiger partial charge on any atom is 0.329 e. The standard InChI is InChI=1S/C27H22Br2ClN3O4/c1-2-18-5-3-4-6-22(18)31-24(34)14-33-26(35)23(32-27(33)36)13-17-11-20(28)25(21(29)12-17)37-15-16-7-9-19(30)10-8-16/h3-13H,2,14-15H2,1H3,(H,31,34)(H,32,36)/b23-13+. The number of para-hydroxylation sites is 1. The number of nitrogens with one attached hydrogen (secondary N) is 2. The Balaban J connectivity index is 1.44. The molecule has 190 valence electrons. The Labute approximate surface area is 236 Å². The van der Waals surface area contributed by atoms with Crippen LogP contribution in [0.15, 0.2) is 75.3 Å². The molecule has 0 bridgehead atoms. The van der Waals surface area contributed by atoms with Crippen LogP contribution >= 0.6 is 43.5 Å². The number of benzene rings is 3. The second-order valence-electron chi connectivity index (χ2n) is 8.17. The van der Waals surface area contributed by atoms with Crippen molar-refractivity contribution in [3.05, 3.63) is 97.0 Å². The lowest BCUT2D eigenvalue weighted by molar-refractivity contribution is -0.127. The topological polar surface area (TPSA) is 87.7 Å². The van der Waals surface area contributed by atoms with Gasteiger partial charge >= 0.3 is 6.03 Å². The van der Waals surface area contributed by atoms with Crippen LogP contribution < -0.4 is 15.4 Å². The van der Waals surface area contributed by atoms with Crippen LogP contribution in [-0.2, 0) is 22.6 Å². The van der Waals surface area contributed by atoms with Gasteiger partial charge in [0.05, 0.1) is 8.95 Å². The fourth-order valence-corrected chi connectivity index (χ4v) is 5.28. The highest BCUT2D eigenvalue weighted by Crippen LogP contribution is 2.36. The number of hydrogen-bond donors (Lipinski definition) is 2. The van der Waals surface area contributed by atoms with Gasteiger partial charge in [-0.05, 0) is 91.4 Å². The largest absolute Gasteiger partial charge is 0.487 e. The van der Waals surface area contributed by atoms with E-state index in [-0.39, 0.29) is 5.70 Å². The molecule has 10 heteroatoms. The van der Waals surface area contributed by atoms with E-state index in [9.17, 15) is 14.4 Å². The van der Waals surface area contributed by atoms with Gasteiger partial charge in [-0.25, -0.2) is 9.69 Å². The molecule has 0 aromatic heterocycles. The van der Waals surface area contributed by atoms with Gasteiger partial charge < -0.3 is 15.4 Å². The number of halogens is 3. The first-order chi connectivity index (χ1) is 17.7. The second kappa shape index (κ2) is 11.9. The number of carbonyl (C=O) groups excluding carboxylic acids is 3. The zero-order valence-corrected chi connectivity index (χ0v) is 23.6. The van der Waals surface area contributed by atoms with Crippen molar-refractivity contribution < 1.29 is 19.1 Å². The molecular weight excluding hydrogens is 626 g/mol. The van der Waals surface area contributed by atoms with E-state index >= 15 is 0 Å². The van der Waals surface area contributed by atoms with Crippen LogP contribution in [0.1, 0.15) is 23.6 Å². The zero-order valence-electron chi connectivity index (χ0n) is 19.7. The number of aryl methyl sites for hydroxylation is 1. The number of ether oxygens (including phenoxy) is 1. The minimum atomic E-state index is -0.656. The summed E-state index contributed by atoms with van der Waals surface area (Å²) in [6.07, 6.45) is 2.28. The number of carbonyl (C=O) groups is 3. The maximum absolute atomic E-state index is 12.9. The number of anilines is 1. The van der Waals surface area contributed by atoms with E-state index < -0.39 is 24.4 Å². The van der Waals surface area contributed by atoms with Crippen LogP contribution in [0, 0.1) is 0 Å². The van der Waals surface area contributed by atoms with Gasteiger partial charge in [-0.2, -0.15) is 0 Å². The molecule has 0 spiro atoms. The molecule has 1 aliphatic heterocycles. The normalized spacial score (nSPS) is 14.2. The number of hydrogen-bond acceptors (Lipinski definition) is 4. The molecule has 3 aromatic carbocycles.